The van der Waals surface area contributed by atoms with Gasteiger partial charge in [-0.1, -0.05) is 55.7 Å². The predicted molar refractivity (Wildman–Crippen MR) is 136 cm³/mol. The maximum absolute atomic E-state index is 14.1. The normalized spacial score (nSPS) is 25.0. The summed E-state index contributed by atoms with van der Waals surface area (Å²) < 4.78 is 0. The maximum atomic E-state index is 14.1. The highest BCUT2D eigenvalue weighted by molar-refractivity contribution is 5.99. The molecule has 0 radical (unpaired) electrons. The standard InChI is InChI=1S/C29H30N4O2/c34-28-25-15-21-20-11-5-7-13-23(20)31-26(21)27(17-8-2-1-3-9-17)33(25)29(35)24(32-28)14-18-16-30-22-12-6-4-10-19(18)22/h4-7,10-13,16-17,24-25,27,30-31H,1-3,8-9,14-15H2,(H,32,34)/t24?,25-,27?/m0/s1. The van der Waals surface area contributed by atoms with E-state index in [2.05, 4.69) is 39.6 Å². The van der Waals surface area contributed by atoms with Crippen molar-refractivity contribution >= 4 is 33.6 Å². The molecule has 2 aromatic heterocycles. The van der Waals surface area contributed by atoms with E-state index < -0.39 is 12.1 Å². The molecule has 2 aliphatic heterocycles. The summed E-state index contributed by atoms with van der Waals surface area (Å²) in [5, 5.41) is 5.40. The number of carbonyl (C=O) groups excluding carboxylic acids is 2. The number of carbonyl (C=O) groups is 2. The molecule has 3 aliphatic rings. The molecule has 6 heteroatoms. The quantitative estimate of drug-likeness (QED) is 0.407. The van der Waals surface area contributed by atoms with Gasteiger partial charge in [-0.3, -0.25) is 9.59 Å². The van der Waals surface area contributed by atoms with Crippen LogP contribution in [0.25, 0.3) is 21.8 Å². The summed E-state index contributed by atoms with van der Waals surface area (Å²) in [6.45, 7) is 0. The lowest BCUT2D eigenvalue weighted by Gasteiger charge is -2.49. The Hall–Kier alpha value is -3.54. The molecule has 2 aromatic carbocycles. The zero-order valence-electron chi connectivity index (χ0n) is 19.7. The molecular formula is C29H30N4O2. The van der Waals surface area contributed by atoms with Crippen molar-refractivity contribution in [1.82, 2.24) is 20.2 Å². The van der Waals surface area contributed by atoms with Gasteiger partial charge in [0.2, 0.25) is 11.8 Å². The van der Waals surface area contributed by atoms with Crippen LogP contribution >= 0.6 is 0 Å². The van der Waals surface area contributed by atoms with Gasteiger partial charge in [0.05, 0.1) is 6.04 Å². The molecule has 6 nitrogen and oxygen atoms in total. The second-order valence-corrected chi connectivity index (χ2v) is 10.5. The van der Waals surface area contributed by atoms with Crippen LogP contribution in [0.5, 0.6) is 0 Å². The van der Waals surface area contributed by atoms with Crippen molar-refractivity contribution in [1.29, 1.82) is 0 Å². The molecule has 3 N–H and O–H groups in total. The Morgan fingerprint density at radius 1 is 0.886 bits per heavy atom. The van der Waals surface area contributed by atoms with E-state index in [0.717, 1.165) is 40.5 Å². The summed E-state index contributed by atoms with van der Waals surface area (Å²) in [5.74, 6) is 0.410. The van der Waals surface area contributed by atoms with E-state index in [0.29, 0.717) is 18.8 Å². The Morgan fingerprint density at radius 3 is 2.46 bits per heavy atom. The van der Waals surface area contributed by atoms with Gasteiger partial charge in [-0.25, -0.2) is 0 Å². The van der Waals surface area contributed by atoms with Crippen molar-refractivity contribution < 1.29 is 9.59 Å². The zero-order chi connectivity index (χ0) is 23.5. The third kappa shape index (κ3) is 3.23. The Balaban J connectivity index is 1.30. The van der Waals surface area contributed by atoms with Crippen molar-refractivity contribution in [3.63, 3.8) is 0 Å². The lowest BCUT2D eigenvalue weighted by Crippen LogP contribution is -2.67. The molecule has 1 saturated carbocycles. The molecule has 0 spiro atoms. The summed E-state index contributed by atoms with van der Waals surface area (Å²) in [6.07, 6.45) is 8.87. The second-order valence-electron chi connectivity index (χ2n) is 10.5. The average molecular weight is 467 g/mol. The molecule has 2 fully saturated rings. The minimum Gasteiger partial charge on any atom is -0.361 e. The van der Waals surface area contributed by atoms with Gasteiger partial charge in [0.1, 0.15) is 12.1 Å². The summed E-state index contributed by atoms with van der Waals surface area (Å²) in [6, 6.07) is 15.4. The Kier molecular flexibility index (Phi) is 4.76. The SMILES string of the molecule is O=C1NC(Cc2c[nH]c3ccccc23)C(=O)N2C(C3CCCCC3)c3[nH]c4ccccc4c3C[C@@H]12. The van der Waals surface area contributed by atoms with Crippen LogP contribution in [-0.4, -0.2) is 38.8 Å². The first-order valence-corrected chi connectivity index (χ1v) is 13.0. The number of amides is 2. The fourth-order valence-electron chi connectivity index (χ4n) is 6.91. The van der Waals surface area contributed by atoms with Gasteiger partial charge in [0, 0.05) is 46.5 Å². The lowest BCUT2D eigenvalue weighted by atomic mass is 9.76. The molecule has 35 heavy (non-hydrogen) atoms. The number of nitrogens with zero attached hydrogens (tertiary/aromatic N) is 1. The van der Waals surface area contributed by atoms with Gasteiger partial charge in [0.25, 0.3) is 0 Å². The fourth-order valence-corrected chi connectivity index (χ4v) is 6.91. The third-order valence-electron chi connectivity index (χ3n) is 8.54. The van der Waals surface area contributed by atoms with E-state index in [1.54, 1.807) is 0 Å². The van der Waals surface area contributed by atoms with Crippen LogP contribution in [0, 0.1) is 5.92 Å². The van der Waals surface area contributed by atoms with Crippen LogP contribution in [0.1, 0.15) is 55.0 Å². The molecule has 2 unspecified atom stereocenters. The van der Waals surface area contributed by atoms with Crippen LogP contribution in [0.3, 0.4) is 0 Å². The molecule has 178 valence electrons. The average Bonchev–Trinajstić information content (AvgIpc) is 3.48. The van der Waals surface area contributed by atoms with Gasteiger partial charge in [0.15, 0.2) is 0 Å². The smallest absolute Gasteiger partial charge is 0.246 e. The number of para-hydroxylation sites is 2. The lowest BCUT2D eigenvalue weighted by molar-refractivity contribution is -0.155. The van der Waals surface area contributed by atoms with Crippen molar-refractivity contribution in [3.05, 3.63) is 71.5 Å². The number of hydrogen-bond acceptors (Lipinski definition) is 2. The highest BCUT2D eigenvalue weighted by Gasteiger charge is 2.50. The summed E-state index contributed by atoms with van der Waals surface area (Å²) in [4.78, 5) is 36.7. The Bertz CT molecular complexity index is 1440. The number of aromatic amines is 2. The molecule has 7 rings (SSSR count). The molecule has 3 atom stereocenters. The van der Waals surface area contributed by atoms with Crippen LogP contribution in [0.2, 0.25) is 0 Å². The van der Waals surface area contributed by atoms with Crippen molar-refractivity contribution in [2.45, 2.75) is 63.1 Å². The van der Waals surface area contributed by atoms with Crippen LogP contribution in [0.4, 0.5) is 0 Å². The van der Waals surface area contributed by atoms with Gasteiger partial charge in [-0.2, -0.15) is 0 Å². The van der Waals surface area contributed by atoms with Gasteiger partial charge in [-0.15, -0.1) is 0 Å². The molecule has 2 amide bonds. The monoisotopic (exact) mass is 466 g/mol. The van der Waals surface area contributed by atoms with E-state index in [-0.39, 0.29) is 17.9 Å². The molecule has 0 bridgehead atoms. The van der Waals surface area contributed by atoms with Crippen molar-refractivity contribution in [3.8, 4) is 0 Å². The number of hydrogen-bond donors (Lipinski definition) is 3. The number of benzene rings is 2. The highest BCUT2D eigenvalue weighted by atomic mass is 16.2. The van der Waals surface area contributed by atoms with Gasteiger partial charge >= 0.3 is 0 Å². The number of aromatic nitrogens is 2. The third-order valence-corrected chi connectivity index (χ3v) is 8.54. The van der Waals surface area contributed by atoms with Crippen molar-refractivity contribution in [2.75, 3.05) is 0 Å². The van der Waals surface area contributed by atoms with E-state index in [9.17, 15) is 9.59 Å². The summed E-state index contributed by atoms with van der Waals surface area (Å²) >= 11 is 0. The minimum absolute atomic E-state index is 0.0221. The van der Waals surface area contributed by atoms with Gasteiger partial charge < -0.3 is 20.2 Å². The Morgan fingerprint density at radius 2 is 1.63 bits per heavy atom. The van der Waals surface area contributed by atoms with E-state index in [1.165, 1.54) is 30.2 Å². The van der Waals surface area contributed by atoms with Crippen LogP contribution in [0.15, 0.2) is 54.7 Å². The van der Waals surface area contributed by atoms with E-state index in [1.807, 2.05) is 35.4 Å². The first-order valence-electron chi connectivity index (χ1n) is 13.0. The summed E-state index contributed by atoms with van der Waals surface area (Å²) in [5.41, 5.74) is 5.59. The number of H-pyrrole nitrogens is 2. The summed E-state index contributed by atoms with van der Waals surface area (Å²) in [7, 11) is 0. The second kappa shape index (κ2) is 8.01. The fraction of sp³-hybridized carbons (Fsp3) is 0.379. The molecule has 4 aromatic rings. The largest absolute Gasteiger partial charge is 0.361 e. The topological polar surface area (TPSA) is 81.0 Å². The van der Waals surface area contributed by atoms with Crippen LogP contribution in [-0.2, 0) is 22.4 Å². The van der Waals surface area contributed by atoms with Crippen molar-refractivity contribution in [2.24, 2.45) is 5.92 Å². The molecule has 4 heterocycles. The maximum Gasteiger partial charge on any atom is 0.246 e. The molecule has 1 saturated heterocycles. The first kappa shape index (κ1) is 20.8. The number of fused-ring (bicyclic) bond motifs is 5. The van der Waals surface area contributed by atoms with Crippen LogP contribution < -0.4 is 5.32 Å². The van der Waals surface area contributed by atoms with Gasteiger partial charge in [-0.05, 0) is 42.0 Å². The van der Waals surface area contributed by atoms with E-state index in [4.69, 9.17) is 0 Å². The predicted octanol–water partition coefficient (Wildman–Crippen LogP) is 4.77. The number of piperazine rings is 1. The minimum atomic E-state index is -0.546. The zero-order valence-corrected chi connectivity index (χ0v) is 19.7. The van der Waals surface area contributed by atoms with E-state index >= 15 is 0 Å². The molecular weight excluding hydrogens is 436 g/mol. The highest BCUT2D eigenvalue weighted by Crippen LogP contribution is 2.46. The first-order chi connectivity index (χ1) is 17.2. The number of nitrogens with one attached hydrogen (secondary N) is 3. The molecule has 1 aliphatic carbocycles. The number of rotatable bonds is 3. The Labute approximate surface area is 204 Å².